The second-order valence-electron chi connectivity index (χ2n) is 5.18. The van der Waals surface area contributed by atoms with Crippen LogP contribution >= 0.6 is 24.0 Å². The summed E-state index contributed by atoms with van der Waals surface area (Å²) in [5.74, 6) is 1.74. The van der Waals surface area contributed by atoms with Crippen molar-refractivity contribution in [3.05, 3.63) is 23.8 Å². The highest BCUT2D eigenvalue weighted by atomic mass is 127. The minimum absolute atomic E-state index is 0. The number of nitrogens with one attached hydrogen (secondary N) is 2. The molecule has 1 aromatic carbocycles. The second kappa shape index (κ2) is 13.3. The number of nitrogens with zero attached hydrogens (tertiary/aromatic N) is 1. The van der Waals surface area contributed by atoms with Gasteiger partial charge in [0.25, 0.3) is 0 Å². The molecule has 132 valence electrons. The number of guanidine groups is 1. The average molecular weight is 435 g/mol. The van der Waals surface area contributed by atoms with Crippen molar-refractivity contribution < 1.29 is 9.84 Å². The second-order valence-corrected chi connectivity index (χ2v) is 5.18. The summed E-state index contributed by atoms with van der Waals surface area (Å²) in [5.41, 5.74) is 0.752. The number of hydrogen-bond donors (Lipinski definition) is 3. The number of phenols is 1. The van der Waals surface area contributed by atoms with Gasteiger partial charge >= 0.3 is 0 Å². The zero-order valence-corrected chi connectivity index (χ0v) is 16.7. The highest BCUT2D eigenvalue weighted by Crippen LogP contribution is 2.23. The number of benzene rings is 1. The number of phenolic OH excluding ortho intramolecular Hbond substituents is 1. The van der Waals surface area contributed by atoms with Crippen LogP contribution in [0.4, 0.5) is 0 Å². The van der Waals surface area contributed by atoms with E-state index in [1.54, 1.807) is 19.2 Å². The molecule has 0 saturated carbocycles. The van der Waals surface area contributed by atoms with Crippen molar-refractivity contribution in [2.45, 2.75) is 46.1 Å². The van der Waals surface area contributed by atoms with E-state index in [9.17, 15) is 5.11 Å². The minimum atomic E-state index is 0. The number of aromatic hydroxyl groups is 1. The molecule has 0 aromatic heterocycles. The minimum Gasteiger partial charge on any atom is -0.508 e. The molecule has 0 unspecified atom stereocenters. The van der Waals surface area contributed by atoms with Crippen LogP contribution in [0.5, 0.6) is 11.5 Å². The van der Waals surface area contributed by atoms with Gasteiger partial charge in [0, 0.05) is 18.7 Å². The van der Waals surface area contributed by atoms with E-state index < -0.39 is 0 Å². The van der Waals surface area contributed by atoms with Crippen LogP contribution in [0.15, 0.2) is 23.2 Å². The predicted molar refractivity (Wildman–Crippen MR) is 107 cm³/mol. The summed E-state index contributed by atoms with van der Waals surface area (Å²) < 4.78 is 5.18. The molecule has 0 atom stereocenters. The smallest absolute Gasteiger partial charge is 0.191 e. The molecule has 0 aliphatic heterocycles. The molecule has 0 aliphatic rings. The van der Waals surface area contributed by atoms with Crippen LogP contribution in [0.1, 0.15) is 45.1 Å². The van der Waals surface area contributed by atoms with Gasteiger partial charge in [0.2, 0.25) is 0 Å². The van der Waals surface area contributed by atoms with Crippen LogP contribution in [-0.4, -0.2) is 31.3 Å². The maximum atomic E-state index is 9.88. The molecular weight excluding hydrogens is 405 g/mol. The zero-order chi connectivity index (χ0) is 16.2. The standard InChI is InChI=1S/C17H29N3O2.HI/c1-4-6-7-8-11-19-17(18-5-2)20-13-14-12-15(22-3)9-10-16(14)21;/h9-10,12,21H,4-8,11,13H2,1-3H3,(H2,18,19,20);1H. The lowest BCUT2D eigenvalue weighted by Gasteiger charge is -2.11. The Bertz CT molecular complexity index is 467. The Labute approximate surface area is 156 Å². The van der Waals surface area contributed by atoms with Gasteiger partial charge in [-0.15, -0.1) is 24.0 Å². The van der Waals surface area contributed by atoms with Gasteiger partial charge in [0.05, 0.1) is 13.7 Å². The molecule has 0 bridgehead atoms. The van der Waals surface area contributed by atoms with Crippen LogP contribution in [0, 0.1) is 0 Å². The molecule has 0 heterocycles. The predicted octanol–water partition coefficient (Wildman–Crippen LogP) is 3.65. The fraction of sp³-hybridized carbons (Fsp3) is 0.588. The zero-order valence-electron chi connectivity index (χ0n) is 14.4. The van der Waals surface area contributed by atoms with Gasteiger partial charge in [0.15, 0.2) is 5.96 Å². The normalized spacial score (nSPS) is 10.8. The average Bonchev–Trinajstić information content (AvgIpc) is 2.53. The number of ether oxygens (including phenoxy) is 1. The molecule has 6 heteroatoms. The highest BCUT2D eigenvalue weighted by molar-refractivity contribution is 14.0. The molecule has 5 nitrogen and oxygen atoms in total. The Balaban J connectivity index is 0.00000484. The Hall–Kier alpha value is -1.18. The van der Waals surface area contributed by atoms with Crippen LogP contribution in [0.3, 0.4) is 0 Å². The molecule has 0 amide bonds. The van der Waals surface area contributed by atoms with Gasteiger partial charge in [0.1, 0.15) is 11.5 Å². The third-order valence-corrected chi connectivity index (χ3v) is 3.36. The van der Waals surface area contributed by atoms with E-state index in [2.05, 4.69) is 22.5 Å². The molecule has 1 rings (SSSR count). The lowest BCUT2D eigenvalue weighted by atomic mass is 10.2. The van der Waals surface area contributed by atoms with E-state index in [0.29, 0.717) is 6.54 Å². The van der Waals surface area contributed by atoms with Crippen molar-refractivity contribution >= 4 is 29.9 Å². The van der Waals surface area contributed by atoms with Crippen LogP contribution < -0.4 is 15.4 Å². The summed E-state index contributed by atoms with van der Waals surface area (Å²) in [5, 5.41) is 16.4. The van der Waals surface area contributed by atoms with Crippen molar-refractivity contribution in [3.63, 3.8) is 0 Å². The number of aliphatic imine (C=N–C) groups is 1. The Morgan fingerprint density at radius 2 is 1.96 bits per heavy atom. The van der Waals surface area contributed by atoms with Crippen molar-refractivity contribution in [1.29, 1.82) is 0 Å². The molecule has 0 saturated heterocycles. The number of halogens is 1. The first-order chi connectivity index (χ1) is 10.7. The number of methoxy groups -OCH3 is 1. The maximum Gasteiger partial charge on any atom is 0.191 e. The summed E-state index contributed by atoms with van der Waals surface area (Å²) in [6, 6.07) is 5.18. The Morgan fingerprint density at radius 1 is 1.17 bits per heavy atom. The van der Waals surface area contributed by atoms with Crippen LogP contribution in [0.2, 0.25) is 0 Å². The molecule has 23 heavy (non-hydrogen) atoms. The van der Waals surface area contributed by atoms with E-state index in [4.69, 9.17) is 4.74 Å². The van der Waals surface area contributed by atoms with E-state index in [-0.39, 0.29) is 29.7 Å². The van der Waals surface area contributed by atoms with E-state index in [1.807, 2.05) is 13.0 Å². The third kappa shape index (κ3) is 8.88. The quantitative estimate of drug-likeness (QED) is 0.240. The fourth-order valence-electron chi connectivity index (χ4n) is 2.08. The Kier molecular flexibility index (Phi) is 12.6. The summed E-state index contributed by atoms with van der Waals surface area (Å²) in [6.45, 7) is 6.38. The summed E-state index contributed by atoms with van der Waals surface area (Å²) >= 11 is 0. The van der Waals surface area contributed by atoms with Gasteiger partial charge in [-0.25, -0.2) is 4.99 Å². The number of hydrogen-bond acceptors (Lipinski definition) is 3. The molecule has 0 aliphatic carbocycles. The van der Waals surface area contributed by atoms with Gasteiger partial charge in [-0.1, -0.05) is 26.2 Å². The van der Waals surface area contributed by atoms with Crippen molar-refractivity contribution in [3.8, 4) is 11.5 Å². The lowest BCUT2D eigenvalue weighted by Crippen LogP contribution is -2.37. The molecule has 3 N–H and O–H groups in total. The maximum absolute atomic E-state index is 9.88. The molecule has 0 radical (unpaired) electrons. The summed E-state index contributed by atoms with van der Waals surface area (Å²) in [4.78, 5) is 4.52. The van der Waals surface area contributed by atoms with Crippen molar-refractivity contribution in [2.24, 2.45) is 4.99 Å². The van der Waals surface area contributed by atoms with Gasteiger partial charge in [-0.3, -0.25) is 0 Å². The van der Waals surface area contributed by atoms with Gasteiger partial charge in [-0.2, -0.15) is 0 Å². The van der Waals surface area contributed by atoms with E-state index >= 15 is 0 Å². The summed E-state index contributed by atoms with van der Waals surface area (Å²) in [6.07, 6.45) is 4.89. The third-order valence-electron chi connectivity index (χ3n) is 3.36. The molecule has 0 spiro atoms. The Morgan fingerprint density at radius 3 is 2.61 bits per heavy atom. The van der Waals surface area contributed by atoms with Crippen LogP contribution in [0.25, 0.3) is 0 Å². The molecular formula is C17H30IN3O2. The van der Waals surface area contributed by atoms with E-state index in [0.717, 1.165) is 36.8 Å². The molecule has 0 fully saturated rings. The first kappa shape index (κ1) is 21.8. The molecule has 1 aromatic rings. The SMILES string of the molecule is CCCCCCNC(=NCc1cc(OC)ccc1O)NCC.I. The lowest BCUT2D eigenvalue weighted by molar-refractivity contribution is 0.411. The first-order valence-electron chi connectivity index (χ1n) is 8.09. The van der Waals surface area contributed by atoms with Crippen molar-refractivity contribution in [2.75, 3.05) is 20.2 Å². The number of unbranched alkanes of at least 4 members (excludes halogenated alkanes) is 3. The van der Waals surface area contributed by atoms with Crippen molar-refractivity contribution in [1.82, 2.24) is 10.6 Å². The van der Waals surface area contributed by atoms with Gasteiger partial charge in [-0.05, 0) is 31.5 Å². The first-order valence-corrected chi connectivity index (χ1v) is 8.09. The van der Waals surface area contributed by atoms with Crippen LogP contribution in [-0.2, 0) is 6.54 Å². The summed E-state index contributed by atoms with van der Waals surface area (Å²) in [7, 11) is 1.61. The fourth-order valence-corrected chi connectivity index (χ4v) is 2.08. The number of rotatable bonds is 9. The topological polar surface area (TPSA) is 65.9 Å². The largest absolute Gasteiger partial charge is 0.508 e. The van der Waals surface area contributed by atoms with Gasteiger partial charge < -0.3 is 20.5 Å². The highest BCUT2D eigenvalue weighted by Gasteiger charge is 2.04. The monoisotopic (exact) mass is 435 g/mol. The van der Waals surface area contributed by atoms with E-state index in [1.165, 1.54) is 19.3 Å².